The lowest BCUT2D eigenvalue weighted by Crippen LogP contribution is -2.31. The van der Waals surface area contributed by atoms with Crippen molar-refractivity contribution < 1.29 is 9.47 Å². The van der Waals surface area contributed by atoms with Gasteiger partial charge in [-0.05, 0) is 97.7 Å². The Labute approximate surface area is 283 Å². The van der Waals surface area contributed by atoms with Crippen LogP contribution >= 0.6 is 0 Å². The van der Waals surface area contributed by atoms with Crippen molar-refractivity contribution in [2.45, 2.75) is 218 Å². The average Bonchev–Trinajstić information content (AvgIpc) is 3.43. The first-order valence-electron chi connectivity index (χ1n) is 20.4. The predicted molar refractivity (Wildman–Crippen MR) is 200 cm³/mol. The molecule has 1 heterocycles. The summed E-state index contributed by atoms with van der Waals surface area (Å²) in [6.07, 6.45) is 49.6. The lowest BCUT2D eigenvalue weighted by molar-refractivity contribution is -0.180. The third-order valence-corrected chi connectivity index (χ3v) is 9.68. The van der Waals surface area contributed by atoms with Gasteiger partial charge in [0.05, 0.1) is 12.7 Å². The van der Waals surface area contributed by atoms with E-state index in [-0.39, 0.29) is 11.9 Å². The number of nitrogens with zero attached hydrogens (tertiary/aromatic N) is 1. The van der Waals surface area contributed by atoms with Crippen LogP contribution in [0.1, 0.15) is 206 Å². The van der Waals surface area contributed by atoms with E-state index in [1.807, 2.05) is 0 Å². The minimum atomic E-state index is -0.304. The van der Waals surface area contributed by atoms with E-state index < -0.39 is 0 Å². The molecule has 0 saturated carbocycles. The second-order valence-electron chi connectivity index (χ2n) is 14.6. The molecule has 1 saturated heterocycles. The highest BCUT2D eigenvalue weighted by molar-refractivity contribution is 4.83. The van der Waals surface area contributed by atoms with Gasteiger partial charge >= 0.3 is 0 Å². The Hall–Kier alpha value is -0.640. The monoisotopic (exact) mass is 632 g/mol. The summed E-state index contributed by atoms with van der Waals surface area (Å²) in [7, 11) is 4.33. The highest BCUT2D eigenvalue weighted by atomic mass is 16.7. The number of hydrogen-bond donors (Lipinski definition) is 0. The van der Waals surface area contributed by atoms with Gasteiger partial charge in [-0.2, -0.15) is 0 Å². The van der Waals surface area contributed by atoms with Gasteiger partial charge in [-0.1, -0.05) is 141 Å². The molecule has 0 aliphatic carbocycles. The predicted octanol–water partition coefficient (Wildman–Crippen LogP) is 13.5. The number of unbranched alkanes of at least 4 members (excludes halogenated alkanes) is 22. The summed E-state index contributed by atoms with van der Waals surface area (Å²) in [5.41, 5.74) is 0. The summed E-state index contributed by atoms with van der Waals surface area (Å²) in [5.74, 6) is -0.304. The molecule has 0 N–H and O–H groups in total. The van der Waals surface area contributed by atoms with Crippen molar-refractivity contribution in [1.82, 2.24) is 4.90 Å². The fourth-order valence-corrected chi connectivity index (χ4v) is 6.71. The third-order valence-electron chi connectivity index (χ3n) is 9.68. The zero-order chi connectivity index (χ0) is 32.5. The van der Waals surface area contributed by atoms with Gasteiger partial charge in [0.2, 0.25) is 0 Å². The quantitative estimate of drug-likeness (QED) is 0.0521. The van der Waals surface area contributed by atoms with E-state index in [1.165, 1.54) is 173 Å². The second-order valence-corrected chi connectivity index (χ2v) is 14.6. The molecule has 0 radical (unpaired) electrons. The Kier molecular flexibility index (Phi) is 30.1. The van der Waals surface area contributed by atoms with Gasteiger partial charge < -0.3 is 14.4 Å². The molecule has 1 aliphatic rings. The first kappa shape index (κ1) is 42.4. The van der Waals surface area contributed by atoms with E-state index in [2.05, 4.69) is 57.1 Å². The molecule has 3 nitrogen and oxygen atoms in total. The van der Waals surface area contributed by atoms with Crippen LogP contribution in [0.2, 0.25) is 0 Å². The Morgan fingerprint density at radius 1 is 0.511 bits per heavy atom. The van der Waals surface area contributed by atoms with Crippen LogP contribution in [-0.4, -0.2) is 44.0 Å². The maximum absolute atomic E-state index is 6.71. The van der Waals surface area contributed by atoms with E-state index in [0.717, 1.165) is 32.4 Å². The van der Waals surface area contributed by atoms with Crippen LogP contribution in [0.15, 0.2) is 24.3 Å². The molecule has 0 spiro atoms. The van der Waals surface area contributed by atoms with Crippen LogP contribution < -0.4 is 0 Å². The van der Waals surface area contributed by atoms with Gasteiger partial charge in [0, 0.05) is 12.8 Å². The summed E-state index contributed by atoms with van der Waals surface area (Å²) in [4.78, 5) is 2.28. The third kappa shape index (κ3) is 27.1. The molecule has 1 fully saturated rings. The van der Waals surface area contributed by atoms with E-state index in [0.29, 0.717) is 0 Å². The van der Waals surface area contributed by atoms with Gasteiger partial charge in [-0.25, -0.2) is 0 Å². The molecule has 1 atom stereocenters. The fourth-order valence-electron chi connectivity index (χ4n) is 6.71. The van der Waals surface area contributed by atoms with Gasteiger partial charge in [0.15, 0.2) is 5.79 Å². The van der Waals surface area contributed by atoms with E-state index in [9.17, 15) is 0 Å². The van der Waals surface area contributed by atoms with E-state index >= 15 is 0 Å². The Balaban J connectivity index is 2.18. The minimum absolute atomic E-state index is 0.288. The van der Waals surface area contributed by atoms with Crippen molar-refractivity contribution in [2.75, 3.05) is 27.2 Å². The molecule has 266 valence electrons. The van der Waals surface area contributed by atoms with Gasteiger partial charge in [0.25, 0.3) is 0 Å². The summed E-state index contributed by atoms with van der Waals surface area (Å²) < 4.78 is 13.2. The molecule has 1 aliphatic heterocycles. The maximum atomic E-state index is 6.71. The van der Waals surface area contributed by atoms with Crippen molar-refractivity contribution in [3.05, 3.63) is 24.3 Å². The molecule has 0 aromatic heterocycles. The highest BCUT2D eigenvalue weighted by Gasteiger charge is 2.40. The molecular weight excluding hydrogens is 550 g/mol. The molecule has 1 rings (SSSR count). The topological polar surface area (TPSA) is 21.7 Å². The molecule has 3 heteroatoms. The van der Waals surface area contributed by atoms with Crippen molar-refractivity contribution in [3.63, 3.8) is 0 Å². The number of hydrogen-bond acceptors (Lipinski definition) is 3. The smallest absolute Gasteiger partial charge is 0.168 e. The van der Waals surface area contributed by atoms with Gasteiger partial charge in [-0.3, -0.25) is 0 Å². The van der Waals surface area contributed by atoms with Crippen molar-refractivity contribution >= 4 is 0 Å². The summed E-state index contributed by atoms with van der Waals surface area (Å²) in [6.45, 7) is 6.52. The standard InChI is InChI=1S/C42H81NO2/c1-5-7-9-11-13-15-17-19-21-23-25-27-29-31-33-37-42(44-40-41(45-42)36-35-39-43(3)4)38-34-32-30-28-26-24-22-20-18-16-14-12-10-8-6-2/h19-22,41H,5-18,23-40H2,1-4H3/b21-19-,22-20-/t41-/m0/s1. The summed E-state index contributed by atoms with van der Waals surface area (Å²) in [6, 6.07) is 0. The van der Waals surface area contributed by atoms with E-state index in [4.69, 9.17) is 9.47 Å². The minimum Gasteiger partial charge on any atom is -0.347 e. The van der Waals surface area contributed by atoms with Crippen LogP contribution in [-0.2, 0) is 9.47 Å². The van der Waals surface area contributed by atoms with Crippen LogP contribution in [0.25, 0.3) is 0 Å². The van der Waals surface area contributed by atoms with Gasteiger partial charge in [0.1, 0.15) is 0 Å². The largest absolute Gasteiger partial charge is 0.347 e. The van der Waals surface area contributed by atoms with Crippen molar-refractivity contribution in [1.29, 1.82) is 0 Å². The van der Waals surface area contributed by atoms with E-state index in [1.54, 1.807) is 0 Å². The van der Waals surface area contributed by atoms with Crippen LogP contribution in [0, 0.1) is 0 Å². The van der Waals surface area contributed by atoms with Crippen LogP contribution in [0.4, 0.5) is 0 Å². The zero-order valence-electron chi connectivity index (χ0n) is 31.3. The second kappa shape index (κ2) is 31.9. The molecule has 0 unspecified atom stereocenters. The van der Waals surface area contributed by atoms with Crippen LogP contribution in [0.3, 0.4) is 0 Å². The molecule has 45 heavy (non-hydrogen) atoms. The first-order valence-corrected chi connectivity index (χ1v) is 20.4. The summed E-state index contributed by atoms with van der Waals surface area (Å²) in [5, 5.41) is 0. The van der Waals surface area contributed by atoms with Crippen molar-refractivity contribution in [2.24, 2.45) is 0 Å². The Bertz CT molecular complexity index is 617. The lowest BCUT2D eigenvalue weighted by atomic mass is 9.99. The van der Waals surface area contributed by atoms with Crippen LogP contribution in [0.5, 0.6) is 0 Å². The Morgan fingerprint density at radius 2 is 0.889 bits per heavy atom. The normalized spacial score (nSPS) is 16.7. The zero-order valence-corrected chi connectivity index (χ0v) is 31.3. The average molecular weight is 632 g/mol. The maximum Gasteiger partial charge on any atom is 0.168 e. The molecule has 0 amide bonds. The highest BCUT2D eigenvalue weighted by Crippen LogP contribution is 2.36. The summed E-state index contributed by atoms with van der Waals surface area (Å²) >= 11 is 0. The van der Waals surface area contributed by atoms with Crippen molar-refractivity contribution in [3.8, 4) is 0 Å². The Morgan fingerprint density at radius 3 is 1.29 bits per heavy atom. The molecule has 0 aromatic carbocycles. The first-order chi connectivity index (χ1) is 22.1. The molecule has 0 aromatic rings. The molecular formula is C42H81NO2. The lowest BCUT2D eigenvalue weighted by Gasteiger charge is -2.28. The number of allylic oxidation sites excluding steroid dienone is 4. The molecule has 0 bridgehead atoms. The SMILES string of the molecule is CCCCCCCC/C=C\CCCCCCCC1(CCCCCCC/C=C\CCCCCCCC)OC[C@H](CCCN(C)C)O1. The van der Waals surface area contributed by atoms with Gasteiger partial charge in [-0.15, -0.1) is 0 Å². The number of rotatable bonds is 34. The fraction of sp³-hybridized carbons (Fsp3) is 0.905. The number of ether oxygens (including phenoxy) is 2.